The molecule has 126 valence electrons. The first kappa shape index (κ1) is 16.9. The number of fused-ring (bicyclic) bond motifs is 1. The molecule has 0 spiro atoms. The predicted molar refractivity (Wildman–Crippen MR) is 92.9 cm³/mol. The summed E-state index contributed by atoms with van der Waals surface area (Å²) in [6, 6.07) is 3.80. The summed E-state index contributed by atoms with van der Waals surface area (Å²) in [4.78, 5) is 14.5. The highest BCUT2D eigenvalue weighted by Gasteiger charge is 2.41. The smallest absolute Gasteiger partial charge is 0.410 e. The van der Waals surface area contributed by atoms with Crippen LogP contribution >= 0.6 is 27.5 Å². The van der Waals surface area contributed by atoms with Crippen molar-refractivity contribution in [3.8, 4) is 5.75 Å². The van der Waals surface area contributed by atoms with Gasteiger partial charge in [0.2, 0.25) is 0 Å². The van der Waals surface area contributed by atoms with Crippen LogP contribution in [0.3, 0.4) is 0 Å². The van der Waals surface area contributed by atoms with Gasteiger partial charge in [0.15, 0.2) is 0 Å². The second-order valence-corrected chi connectivity index (χ2v) is 8.52. The molecule has 3 rings (SSSR count). The lowest BCUT2D eigenvalue weighted by Gasteiger charge is -2.31. The maximum atomic E-state index is 12.7. The van der Waals surface area contributed by atoms with Gasteiger partial charge in [-0.1, -0.05) is 27.5 Å². The summed E-state index contributed by atoms with van der Waals surface area (Å²) < 4.78 is 12.4. The second-order valence-electron chi connectivity index (χ2n) is 7.20. The van der Waals surface area contributed by atoms with E-state index >= 15 is 0 Å². The lowest BCUT2D eigenvalue weighted by molar-refractivity contribution is 0.00834. The van der Waals surface area contributed by atoms with Crippen LogP contribution in [0.25, 0.3) is 0 Å². The molecule has 1 heterocycles. The number of halogens is 2. The van der Waals surface area contributed by atoms with Crippen LogP contribution in [0, 0.1) is 5.92 Å². The van der Waals surface area contributed by atoms with Crippen LogP contribution in [0.15, 0.2) is 16.6 Å². The summed E-state index contributed by atoms with van der Waals surface area (Å²) in [5, 5.41) is 0.565. The maximum Gasteiger partial charge on any atom is 0.410 e. The molecule has 1 aliphatic heterocycles. The third-order valence-electron chi connectivity index (χ3n) is 4.02. The fraction of sp³-hybridized carbons (Fsp3) is 0.588. The van der Waals surface area contributed by atoms with E-state index in [0.29, 0.717) is 29.8 Å². The summed E-state index contributed by atoms with van der Waals surface area (Å²) >= 11 is 9.76. The molecular formula is C17H21BrClNO3. The van der Waals surface area contributed by atoms with Gasteiger partial charge in [-0.15, -0.1) is 0 Å². The lowest BCUT2D eigenvalue weighted by atomic mass is 10.1. The number of carbonyl (C=O) groups excluding carboxylic acids is 1. The highest BCUT2D eigenvalue weighted by atomic mass is 79.9. The minimum atomic E-state index is -0.518. The van der Waals surface area contributed by atoms with Crippen LogP contribution in [0.5, 0.6) is 5.75 Å². The summed E-state index contributed by atoms with van der Waals surface area (Å²) in [5.41, 5.74) is 0.384. The van der Waals surface area contributed by atoms with Gasteiger partial charge >= 0.3 is 6.09 Å². The first-order chi connectivity index (χ1) is 10.7. The number of carbonyl (C=O) groups is 1. The molecule has 1 fully saturated rings. The molecule has 1 unspecified atom stereocenters. The van der Waals surface area contributed by atoms with Crippen molar-refractivity contribution in [2.75, 3.05) is 6.61 Å². The molecule has 0 saturated heterocycles. The van der Waals surface area contributed by atoms with E-state index in [1.807, 2.05) is 32.9 Å². The van der Waals surface area contributed by atoms with Crippen molar-refractivity contribution in [1.29, 1.82) is 0 Å². The molecular weight excluding hydrogens is 382 g/mol. The number of hydrogen-bond acceptors (Lipinski definition) is 3. The largest absolute Gasteiger partial charge is 0.490 e. The molecule has 0 radical (unpaired) electrons. The molecule has 0 aromatic heterocycles. The van der Waals surface area contributed by atoms with Crippen LogP contribution in [-0.4, -0.2) is 29.2 Å². The topological polar surface area (TPSA) is 38.8 Å². The number of hydrogen-bond donors (Lipinski definition) is 0. The number of nitrogens with zero attached hydrogens (tertiary/aromatic N) is 1. The second kappa shape index (κ2) is 6.17. The van der Waals surface area contributed by atoms with Gasteiger partial charge in [-0.05, 0) is 51.7 Å². The zero-order valence-electron chi connectivity index (χ0n) is 13.6. The number of benzene rings is 1. The molecule has 1 atom stereocenters. The van der Waals surface area contributed by atoms with Gasteiger partial charge in [-0.3, -0.25) is 4.90 Å². The molecule has 1 aliphatic carbocycles. The van der Waals surface area contributed by atoms with E-state index in [9.17, 15) is 4.79 Å². The Labute approximate surface area is 150 Å². The Morgan fingerprint density at radius 3 is 2.70 bits per heavy atom. The van der Waals surface area contributed by atoms with Crippen molar-refractivity contribution in [2.24, 2.45) is 5.92 Å². The van der Waals surface area contributed by atoms with Gasteiger partial charge in [-0.2, -0.15) is 0 Å². The Morgan fingerprint density at radius 2 is 2.09 bits per heavy atom. The molecule has 1 saturated carbocycles. The van der Waals surface area contributed by atoms with Crippen LogP contribution in [0.2, 0.25) is 5.02 Å². The maximum absolute atomic E-state index is 12.7. The lowest BCUT2D eigenvalue weighted by Crippen LogP contribution is -2.45. The van der Waals surface area contributed by atoms with Crippen molar-refractivity contribution in [1.82, 2.24) is 4.90 Å². The van der Waals surface area contributed by atoms with Crippen LogP contribution < -0.4 is 4.74 Å². The van der Waals surface area contributed by atoms with Crippen LogP contribution in [0.1, 0.15) is 39.2 Å². The Morgan fingerprint density at radius 1 is 1.39 bits per heavy atom. The van der Waals surface area contributed by atoms with E-state index in [4.69, 9.17) is 21.1 Å². The minimum Gasteiger partial charge on any atom is -0.490 e. The quantitative estimate of drug-likeness (QED) is 0.663. The average molecular weight is 403 g/mol. The zero-order valence-corrected chi connectivity index (χ0v) is 15.9. The number of amides is 1. The summed E-state index contributed by atoms with van der Waals surface area (Å²) in [6.45, 7) is 6.55. The van der Waals surface area contributed by atoms with Gasteiger partial charge in [0.1, 0.15) is 18.0 Å². The van der Waals surface area contributed by atoms with Gasteiger partial charge < -0.3 is 9.47 Å². The molecule has 2 aliphatic rings. The Hall–Kier alpha value is -0.940. The number of ether oxygens (including phenoxy) is 2. The first-order valence-electron chi connectivity index (χ1n) is 7.85. The van der Waals surface area contributed by atoms with Gasteiger partial charge in [0.25, 0.3) is 0 Å². The van der Waals surface area contributed by atoms with Crippen molar-refractivity contribution >= 4 is 33.6 Å². The highest BCUT2D eigenvalue weighted by Crippen LogP contribution is 2.41. The SMILES string of the molecule is CC(C)(C)OC(=O)N1Cc2cc(Br)cc(Cl)c2OCC1C1CC1. The van der Waals surface area contributed by atoms with Gasteiger partial charge in [-0.25, -0.2) is 4.79 Å². The molecule has 23 heavy (non-hydrogen) atoms. The van der Waals surface area contributed by atoms with E-state index in [-0.39, 0.29) is 12.1 Å². The standard InChI is InChI=1S/C17H21BrClNO3/c1-17(2,3)23-16(21)20-8-11-6-12(18)7-13(19)15(11)22-9-14(20)10-4-5-10/h6-7,10,14H,4-5,8-9H2,1-3H3. The van der Waals surface area contributed by atoms with Crippen molar-refractivity contribution in [3.05, 3.63) is 27.2 Å². The van der Waals surface area contributed by atoms with E-state index in [1.165, 1.54) is 0 Å². The van der Waals surface area contributed by atoms with Crippen molar-refractivity contribution < 1.29 is 14.3 Å². The minimum absolute atomic E-state index is 0.0343. The molecule has 1 aromatic rings. The van der Waals surface area contributed by atoms with Crippen molar-refractivity contribution in [2.45, 2.75) is 51.8 Å². The van der Waals surface area contributed by atoms with Crippen molar-refractivity contribution in [3.63, 3.8) is 0 Å². The molecule has 6 heteroatoms. The molecule has 1 amide bonds. The zero-order chi connectivity index (χ0) is 16.8. The van der Waals surface area contributed by atoms with Gasteiger partial charge in [0, 0.05) is 10.0 Å². The van der Waals surface area contributed by atoms with Crippen LogP contribution in [-0.2, 0) is 11.3 Å². The third kappa shape index (κ3) is 3.94. The first-order valence-corrected chi connectivity index (χ1v) is 9.02. The third-order valence-corrected chi connectivity index (χ3v) is 4.76. The fourth-order valence-corrected chi connectivity index (χ4v) is 3.77. The van der Waals surface area contributed by atoms with E-state index in [0.717, 1.165) is 22.9 Å². The summed E-state index contributed by atoms with van der Waals surface area (Å²) in [6.07, 6.45) is 1.96. The van der Waals surface area contributed by atoms with Crippen LogP contribution in [0.4, 0.5) is 4.79 Å². The van der Waals surface area contributed by atoms with E-state index < -0.39 is 5.60 Å². The Balaban J connectivity index is 1.92. The van der Waals surface area contributed by atoms with E-state index in [2.05, 4.69) is 15.9 Å². The monoisotopic (exact) mass is 401 g/mol. The number of rotatable bonds is 1. The summed E-state index contributed by atoms with van der Waals surface area (Å²) in [7, 11) is 0. The molecule has 1 aromatic carbocycles. The van der Waals surface area contributed by atoms with Gasteiger partial charge in [0.05, 0.1) is 17.6 Å². The normalized spacial score (nSPS) is 21.3. The highest BCUT2D eigenvalue weighted by molar-refractivity contribution is 9.10. The predicted octanol–water partition coefficient (Wildman–Crippen LogP) is 5.01. The fourth-order valence-electron chi connectivity index (χ4n) is 2.84. The summed E-state index contributed by atoms with van der Waals surface area (Å²) in [5.74, 6) is 1.16. The average Bonchev–Trinajstić information content (AvgIpc) is 3.20. The Bertz CT molecular complexity index is 625. The molecule has 4 nitrogen and oxygen atoms in total. The Kier molecular flexibility index (Phi) is 4.53. The van der Waals surface area contributed by atoms with E-state index in [1.54, 1.807) is 4.90 Å². The molecule has 0 bridgehead atoms. The molecule has 0 N–H and O–H groups in total.